The molecule has 2 heteroatoms. The topological polar surface area (TPSA) is 12.0 Å². The molecule has 1 atom stereocenters. The first-order valence-corrected chi connectivity index (χ1v) is 8.44. The van der Waals surface area contributed by atoms with Crippen LogP contribution in [0.15, 0.2) is 46.9 Å². The summed E-state index contributed by atoms with van der Waals surface area (Å²) in [6.45, 7) is 7.61. The molecule has 112 valence electrons. The Hall–Kier alpha value is -1.12. The van der Waals surface area contributed by atoms with Crippen molar-refractivity contribution in [3.63, 3.8) is 0 Å². The van der Waals surface area contributed by atoms with Gasteiger partial charge in [0.05, 0.1) is 0 Å². The number of benzene rings is 2. The molecule has 0 bridgehead atoms. The van der Waals surface area contributed by atoms with Gasteiger partial charge in [0, 0.05) is 10.5 Å². The molecule has 0 heterocycles. The van der Waals surface area contributed by atoms with Gasteiger partial charge in [0.25, 0.3) is 0 Å². The van der Waals surface area contributed by atoms with Gasteiger partial charge < -0.3 is 5.32 Å². The summed E-state index contributed by atoms with van der Waals surface area (Å²) >= 11 is 3.58. The van der Waals surface area contributed by atoms with Crippen LogP contribution in [0.3, 0.4) is 0 Å². The van der Waals surface area contributed by atoms with E-state index in [0.29, 0.717) is 6.04 Å². The molecule has 0 aliphatic heterocycles. The van der Waals surface area contributed by atoms with E-state index in [1.807, 2.05) is 0 Å². The summed E-state index contributed by atoms with van der Waals surface area (Å²) < 4.78 is 1.14. The van der Waals surface area contributed by atoms with Gasteiger partial charge in [-0.2, -0.15) is 0 Å². The number of hydrogen-bond donors (Lipinski definition) is 1. The first kappa shape index (κ1) is 16.3. The predicted molar refractivity (Wildman–Crippen MR) is 94.8 cm³/mol. The average Bonchev–Trinajstić information content (AvgIpc) is 2.47. The lowest BCUT2D eigenvalue weighted by molar-refractivity contribution is 0.529. The summed E-state index contributed by atoms with van der Waals surface area (Å²) in [7, 11) is 0. The lowest BCUT2D eigenvalue weighted by Crippen LogP contribution is -2.24. The van der Waals surface area contributed by atoms with E-state index in [-0.39, 0.29) is 0 Å². The van der Waals surface area contributed by atoms with Crippen molar-refractivity contribution in [1.29, 1.82) is 0 Å². The number of aryl methyl sites for hydroxylation is 2. The van der Waals surface area contributed by atoms with Gasteiger partial charge in [0.1, 0.15) is 0 Å². The third-order valence-corrected chi connectivity index (χ3v) is 4.40. The molecule has 0 spiro atoms. The molecule has 2 rings (SSSR count). The first-order chi connectivity index (χ1) is 10.1. The fourth-order valence-corrected chi connectivity index (χ4v) is 2.93. The monoisotopic (exact) mass is 345 g/mol. The van der Waals surface area contributed by atoms with Gasteiger partial charge in [-0.3, -0.25) is 0 Å². The molecule has 1 N–H and O–H groups in total. The largest absolute Gasteiger partial charge is 0.310 e. The molecule has 0 fully saturated rings. The molecule has 1 unspecified atom stereocenters. The van der Waals surface area contributed by atoms with E-state index in [4.69, 9.17) is 0 Å². The standard InChI is InChI=1S/C19H24BrN/c1-4-10-21-19(17-6-5-7-18(20)13-17)12-16-9-8-14(2)15(3)11-16/h5-9,11,13,19,21H,4,10,12H2,1-3H3. The van der Waals surface area contributed by atoms with Gasteiger partial charge in [-0.1, -0.05) is 53.2 Å². The van der Waals surface area contributed by atoms with Crippen LogP contribution in [0.4, 0.5) is 0 Å². The van der Waals surface area contributed by atoms with Crippen LogP contribution in [0.5, 0.6) is 0 Å². The van der Waals surface area contributed by atoms with Gasteiger partial charge >= 0.3 is 0 Å². The molecule has 21 heavy (non-hydrogen) atoms. The quantitative estimate of drug-likeness (QED) is 0.743. The highest BCUT2D eigenvalue weighted by molar-refractivity contribution is 9.10. The van der Waals surface area contributed by atoms with Crippen LogP contribution in [-0.2, 0) is 6.42 Å². The fourth-order valence-electron chi connectivity index (χ4n) is 2.52. The van der Waals surface area contributed by atoms with Crippen LogP contribution in [0, 0.1) is 13.8 Å². The van der Waals surface area contributed by atoms with Crippen molar-refractivity contribution in [3.05, 3.63) is 69.2 Å². The van der Waals surface area contributed by atoms with Crippen LogP contribution >= 0.6 is 15.9 Å². The maximum atomic E-state index is 3.67. The second kappa shape index (κ2) is 7.77. The molecular formula is C19H24BrN. The Bertz CT molecular complexity index is 592. The highest BCUT2D eigenvalue weighted by atomic mass is 79.9. The molecule has 0 radical (unpaired) electrons. The molecule has 2 aromatic rings. The van der Waals surface area contributed by atoms with E-state index < -0.39 is 0 Å². The van der Waals surface area contributed by atoms with E-state index in [2.05, 4.69) is 84.5 Å². The summed E-state index contributed by atoms with van der Waals surface area (Å²) in [5, 5.41) is 3.67. The number of halogens is 1. The Balaban J connectivity index is 2.21. The van der Waals surface area contributed by atoms with Crippen molar-refractivity contribution in [2.24, 2.45) is 0 Å². The minimum Gasteiger partial charge on any atom is -0.310 e. The van der Waals surface area contributed by atoms with Crippen molar-refractivity contribution in [3.8, 4) is 0 Å². The maximum Gasteiger partial charge on any atom is 0.0361 e. The Morgan fingerprint density at radius 1 is 1.05 bits per heavy atom. The van der Waals surface area contributed by atoms with Gasteiger partial charge in [-0.25, -0.2) is 0 Å². The Labute approximate surface area is 136 Å². The molecule has 0 aliphatic rings. The maximum absolute atomic E-state index is 3.67. The van der Waals surface area contributed by atoms with Crippen LogP contribution in [0.2, 0.25) is 0 Å². The highest BCUT2D eigenvalue weighted by Crippen LogP contribution is 2.23. The van der Waals surface area contributed by atoms with E-state index in [0.717, 1.165) is 23.9 Å². The molecule has 0 saturated heterocycles. The second-order valence-corrected chi connectivity index (χ2v) is 6.60. The fraction of sp³-hybridized carbons (Fsp3) is 0.368. The predicted octanol–water partition coefficient (Wildman–Crippen LogP) is 5.35. The summed E-state index contributed by atoms with van der Waals surface area (Å²) in [6, 6.07) is 15.8. The highest BCUT2D eigenvalue weighted by Gasteiger charge is 2.12. The van der Waals surface area contributed by atoms with E-state index in [1.165, 1.54) is 22.3 Å². The van der Waals surface area contributed by atoms with Crippen LogP contribution < -0.4 is 5.32 Å². The zero-order chi connectivity index (χ0) is 15.2. The number of nitrogens with one attached hydrogen (secondary N) is 1. The summed E-state index contributed by atoms with van der Waals surface area (Å²) in [4.78, 5) is 0. The zero-order valence-electron chi connectivity index (χ0n) is 13.1. The van der Waals surface area contributed by atoms with Gasteiger partial charge in [-0.05, 0) is 67.6 Å². The lowest BCUT2D eigenvalue weighted by Gasteiger charge is -2.20. The molecule has 0 saturated carbocycles. The first-order valence-electron chi connectivity index (χ1n) is 7.65. The van der Waals surface area contributed by atoms with Crippen molar-refractivity contribution >= 4 is 15.9 Å². The van der Waals surface area contributed by atoms with Crippen molar-refractivity contribution in [2.75, 3.05) is 6.54 Å². The van der Waals surface area contributed by atoms with E-state index in [1.54, 1.807) is 0 Å². The smallest absolute Gasteiger partial charge is 0.0361 e. The van der Waals surface area contributed by atoms with Gasteiger partial charge in [0.15, 0.2) is 0 Å². The summed E-state index contributed by atoms with van der Waals surface area (Å²) in [5.41, 5.74) is 5.47. The van der Waals surface area contributed by atoms with Crippen molar-refractivity contribution in [1.82, 2.24) is 5.32 Å². The molecule has 0 aromatic heterocycles. The van der Waals surface area contributed by atoms with Crippen molar-refractivity contribution < 1.29 is 0 Å². The van der Waals surface area contributed by atoms with Crippen molar-refractivity contribution in [2.45, 2.75) is 39.7 Å². The third-order valence-electron chi connectivity index (χ3n) is 3.90. The second-order valence-electron chi connectivity index (χ2n) is 5.68. The Morgan fingerprint density at radius 2 is 1.86 bits per heavy atom. The third kappa shape index (κ3) is 4.69. The molecule has 0 aliphatic carbocycles. The molecule has 2 aromatic carbocycles. The average molecular weight is 346 g/mol. The lowest BCUT2D eigenvalue weighted by atomic mass is 9.96. The minimum atomic E-state index is 0.365. The van der Waals surface area contributed by atoms with E-state index in [9.17, 15) is 0 Å². The summed E-state index contributed by atoms with van der Waals surface area (Å²) in [5.74, 6) is 0. The number of hydrogen-bond acceptors (Lipinski definition) is 1. The Morgan fingerprint density at radius 3 is 2.52 bits per heavy atom. The van der Waals surface area contributed by atoms with Crippen LogP contribution in [0.25, 0.3) is 0 Å². The SMILES string of the molecule is CCCNC(Cc1ccc(C)c(C)c1)c1cccc(Br)c1. The normalized spacial score (nSPS) is 12.4. The van der Waals surface area contributed by atoms with Gasteiger partial charge in [0.2, 0.25) is 0 Å². The molecule has 1 nitrogen and oxygen atoms in total. The van der Waals surface area contributed by atoms with E-state index >= 15 is 0 Å². The van der Waals surface area contributed by atoms with Crippen LogP contribution in [-0.4, -0.2) is 6.54 Å². The zero-order valence-corrected chi connectivity index (χ0v) is 14.7. The molecular weight excluding hydrogens is 322 g/mol. The van der Waals surface area contributed by atoms with Gasteiger partial charge in [-0.15, -0.1) is 0 Å². The number of rotatable bonds is 6. The van der Waals surface area contributed by atoms with Crippen LogP contribution in [0.1, 0.15) is 41.6 Å². The summed E-state index contributed by atoms with van der Waals surface area (Å²) in [6.07, 6.45) is 2.18. The molecule has 0 amide bonds. The Kier molecular flexibility index (Phi) is 6.01. The minimum absolute atomic E-state index is 0.365.